The Morgan fingerprint density at radius 1 is 1.28 bits per heavy atom. The van der Waals surface area contributed by atoms with Crippen LogP contribution in [0.25, 0.3) is 10.2 Å². The van der Waals surface area contributed by atoms with Gasteiger partial charge in [-0.3, -0.25) is 0 Å². The number of ether oxygens (including phenoxy) is 1. The maximum absolute atomic E-state index is 5.84. The summed E-state index contributed by atoms with van der Waals surface area (Å²) in [4.78, 5) is 4.48. The van der Waals surface area contributed by atoms with E-state index in [9.17, 15) is 0 Å². The molecule has 1 aliphatic rings. The van der Waals surface area contributed by atoms with E-state index < -0.39 is 0 Å². The van der Waals surface area contributed by atoms with Crippen LogP contribution in [0.15, 0.2) is 18.2 Å². The molecule has 0 amide bonds. The molecular formula is C14H18N2OS. The quantitative estimate of drug-likeness (QED) is 0.855. The first-order valence-corrected chi connectivity index (χ1v) is 7.42. The van der Waals surface area contributed by atoms with E-state index in [4.69, 9.17) is 10.5 Å². The molecular weight excluding hydrogens is 244 g/mol. The molecule has 18 heavy (non-hydrogen) atoms. The molecule has 0 saturated heterocycles. The molecule has 0 spiro atoms. The lowest BCUT2D eigenvalue weighted by molar-refractivity contribution is 0.208. The Morgan fingerprint density at radius 3 is 2.94 bits per heavy atom. The Hall–Kier alpha value is -1.29. The van der Waals surface area contributed by atoms with E-state index in [2.05, 4.69) is 4.98 Å². The number of anilines is 1. The second-order valence-corrected chi connectivity index (χ2v) is 6.02. The summed E-state index contributed by atoms with van der Waals surface area (Å²) in [5.41, 5.74) is 7.52. The van der Waals surface area contributed by atoms with Gasteiger partial charge in [-0.05, 0) is 37.0 Å². The number of fused-ring (bicyclic) bond motifs is 1. The third-order valence-electron chi connectivity index (χ3n) is 3.56. The summed E-state index contributed by atoms with van der Waals surface area (Å²) >= 11 is 1.59. The number of nitrogen functional groups attached to an aromatic ring is 1. The highest BCUT2D eigenvalue weighted by Gasteiger charge is 2.15. The number of nitrogens with zero attached hydrogens (tertiary/aromatic N) is 1. The van der Waals surface area contributed by atoms with Crippen LogP contribution in [0, 0.1) is 5.92 Å². The molecule has 0 unspecified atom stereocenters. The summed E-state index contributed by atoms with van der Waals surface area (Å²) in [5, 5.41) is 0.779. The topological polar surface area (TPSA) is 48.1 Å². The second kappa shape index (κ2) is 5.14. The van der Waals surface area contributed by atoms with Gasteiger partial charge in [0, 0.05) is 5.69 Å². The van der Waals surface area contributed by atoms with Gasteiger partial charge in [-0.25, -0.2) is 4.98 Å². The summed E-state index contributed by atoms with van der Waals surface area (Å²) in [6.45, 7) is 0.815. The molecule has 0 aliphatic heterocycles. The van der Waals surface area contributed by atoms with E-state index in [1.807, 2.05) is 18.2 Å². The Morgan fingerprint density at radius 2 is 2.11 bits per heavy atom. The molecule has 96 valence electrons. The van der Waals surface area contributed by atoms with Crippen LogP contribution in [-0.2, 0) is 0 Å². The summed E-state index contributed by atoms with van der Waals surface area (Å²) < 4.78 is 6.94. The molecule has 4 heteroatoms. The summed E-state index contributed by atoms with van der Waals surface area (Å²) in [6, 6.07) is 5.79. The Balaban J connectivity index is 1.67. The van der Waals surface area contributed by atoms with Crippen molar-refractivity contribution in [2.45, 2.75) is 32.1 Å². The van der Waals surface area contributed by atoms with Gasteiger partial charge in [-0.15, -0.1) is 0 Å². The zero-order valence-electron chi connectivity index (χ0n) is 10.4. The van der Waals surface area contributed by atoms with E-state index in [-0.39, 0.29) is 0 Å². The van der Waals surface area contributed by atoms with E-state index in [0.29, 0.717) is 0 Å². The Kier molecular flexibility index (Phi) is 3.37. The van der Waals surface area contributed by atoms with Crippen molar-refractivity contribution < 1.29 is 4.74 Å². The molecule has 3 rings (SSSR count). The second-order valence-electron chi connectivity index (χ2n) is 5.02. The van der Waals surface area contributed by atoms with E-state index in [0.717, 1.165) is 33.6 Å². The minimum Gasteiger partial charge on any atom is -0.470 e. The molecule has 2 aromatic rings. The molecule has 0 radical (unpaired) electrons. The van der Waals surface area contributed by atoms with Gasteiger partial charge >= 0.3 is 0 Å². The molecule has 3 nitrogen and oxygen atoms in total. The van der Waals surface area contributed by atoms with Crippen molar-refractivity contribution in [1.82, 2.24) is 4.98 Å². The van der Waals surface area contributed by atoms with Crippen LogP contribution in [0.2, 0.25) is 0 Å². The fourth-order valence-electron chi connectivity index (χ4n) is 2.52. The van der Waals surface area contributed by atoms with E-state index >= 15 is 0 Å². The summed E-state index contributed by atoms with van der Waals surface area (Å²) in [7, 11) is 0. The summed E-state index contributed by atoms with van der Waals surface area (Å²) in [5.74, 6) is 0.718. The fraction of sp³-hybridized carbons (Fsp3) is 0.500. The smallest absolute Gasteiger partial charge is 0.274 e. The van der Waals surface area contributed by atoms with Gasteiger partial charge < -0.3 is 10.5 Å². The summed E-state index contributed by atoms with van der Waals surface area (Å²) in [6.07, 6.45) is 6.70. The van der Waals surface area contributed by atoms with Gasteiger partial charge in [0.15, 0.2) is 0 Å². The first-order valence-electron chi connectivity index (χ1n) is 6.60. The van der Waals surface area contributed by atoms with Crippen LogP contribution < -0.4 is 10.5 Å². The number of rotatable bonds is 3. The number of hydrogen-bond donors (Lipinski definition) is 1. The molecule has 1 saturated carbocycles. The van der Waals surface area contributed by atoms with Crippen molar-refractivity contribution in [3.05, 3.63) is 18.2 Å². The van der Waals surface area contributed by atoms with Gasteiger partial charge in [0.25, 0.3) is 5.19 Å². The minimum atomic E-state index is 0.718. The lowest BCUT2D eigenvalue weighted by Crippen LogP contribution is -2.15. The number of benzene rings is 1. The van der Waals surface area contributed by atoms with Crippen molar-refractivity contribution >= 4 is 27.2 Å². The van der Waals surface area contributed by atoms with Crippen molar-refractivity contribution in [3.8, 4) is 5.19 Å². The maximum atomic E-state index is 5.84. The zero-order valence-corrected chi connectivity index (χ0v) is 11.2. The number of nitrogens with two attached hydrogens (primary N) is 1. The van der Waals surface area contributed by atoms with Crippen molar-refractivity contribution in [2.75, 3.05) is 12.3 Å². The first-order chi connectivity index (χ1) is 8.81. The highest BCUT2D eigenvalue weighted by atomic mass is 32.1. The van der Waals surface area contributed by atoms with E-state index in [1.165, 1.54) is 32.1 Å². The van der Waals surface area contributed by atoms with Crippen LogP contribution in [0.5, 0.6) is 5.19 Å². The van der Waals surface area contributed by atoms with E-state index in [1.54, 1.807) is 11.3 Å². The van der Waals surface area contributed by atoms with Crippen LogP contribution >= 0.6 is 11.3 Å². The number of hydrogen-bond acceptors (Lipinski definition) is 4. The van der Waals surface area contributed by atoms with Crippen LogP contribution in [-0.4, -0.2) is 11.6 Å². The maximum Gasteiger partial charge on any atom is 0.274 e. The fourth-order valence-corrected chi connectivity index (χ4v) is 3.40. The Labute approximate surface area is 111 Å². The third-order valence-corrected chi connectivity index (χ3v) is 4.49. The molecule has 1 aromatic heterocycles. The van der Waals surface area contributed by atoms with Gasteiger partial charge in [-0.1, -0.05) is 30.6 Å². The zero-order chi connectivity index (χ0) is 12.4. The average Bonchev–Trinajstić information content (AvgIpc) is 2.79. The number of thiazole rings is 1. The first kappa shape index (κ1) is 11.8. The highest BCUT2D eigenvalue weighted by Crippen LogP contribution is 2.30. The molecule has 2 N–H and O–H groups in total. The average molecular weight is 262 g/mol. The van der Waals surface area contributed by atoms with Crippen LogP contribution in [0.3, 0.4) is 0 Å². The monoisotopic (exact) mass is 262 g/mol. The van der Waals surface area contributed by atoms with Crippen LogP contribution in [0.1, 0.15) is 32.1 Å². The molecule has 1 heterocycles. The van der Waals surface area contributed by atoms with Crippen molar-refractivity contribution in [1.29, 1.82) is 0 Å². The van der Waals surface area contributed by atoms with Crippen molar-refractivity contribution in [3.63, 3.8) is 0 Å². The van der Waals surface area contributed by atoms with Crippen LogP contribution in [0.4, 0.5) is 5.69 Å². The van der Waals surface area contributed by atoms with Crippen molar-refractivity contribution in [2.24, 2.45) is 5.92 Å². The molecule has 1 fully saturated rings. The van der Waals surface area contributed by atoms with Gasteiger partial charge in [0.1, 0.15) is 0 Å². The third kappa shape index (κ3) is 2.58. The predicted molar refractivity (Wildman–Crippen MR) is 76.1 cm³/mol. The molecule has 1 aromatic carbocycles. The van der Waals surface area contributed by atoms with Gasteiger partial charge in [0.05, 0.1) is 16.8 Å². The SMILES string of the molecule is Nc1ccc2nc(OCC3CCCCC3)sc2c1. The predicted octanol–water partition coefficient (Wildman–Crippen LogP) is 3.84. The van der Waals surface area contributed by atoms with Gasteiger partial charge in [-0.2, -0.15) is 0 Å². The number of aromatic nitrogens is 1. The largest absolute Gasteiger partial charge is 0.470 e. The molecule has 0 atom stereocenters. The lowest BCUT2D eigenvalue weighted by atomic mass is 9.90. The normalized spacial score (nSPS) is 17.1. The molecule has 1 aliphatic carbocycles. The van der Waals surface area contributed by atoms with Gasteiger partial charge in [0.2, 0.25) is 0 Å². The Bertz CT molecular complexity index is 532. The highest BCUT2D eigenvalue weighted by molar-refractivity contribution is 7.20. The molecule has 0 bridgehead atoms. The standard InChI is InChI=1S/C14H18N2OS/c15-11-6-7-12-13(8-11)18-14(16-12)17-9-10-4-2-1-3-5-10/h6-8,10H,1-5,9,15H2. The lowest BCUT2D eigenvalue weighted by Gasteiger charge is -2.20. The minimum absolute atomic E-state index is 0.718.